The van der Waals surface area contributed by atoms with Crippen molar-refractivity contribution in [3.05, 3.63) is 75.8 Å². The molecule has 8 heteroatoms. The molecule has 27 heavy (non-hydrogen) atoms. The van der Waals surface area contributed by atoms with E-state index in [-0.39, 0.29) is 24.1 Å². The van der Waals surface area contributed by atoms with E-state index in [2.05, 4.69) is 10.5 Å². The monoisotopic (exact) mass is 366 g/mol. The highest BCUT2D eigenvalue weighted by Gasteiger charge is 2.31. The molecule has 3 rings (SSSR count). The van der Waals surface area contributed by atoms with Gasteiger partial charge in [0.25, 0.3) is 11.6 Å². The lowest BCUT2D eigenvalue weighted by Crippen LogP contribution is -2.36. The summed E-state index contributed by atoms with van der Waals surface area (Å²) in [5, 5.41) is 14.5. The Hall–Kier alpha value is -3.55. The summed E-state index contributed by atoms with van der Waals surface area (Å²) < 4.78 is 0. The Balaban J connectivity index is 1.53. The number of nitro groups is 1. The normalized spacial score (nSPS) is 16.7. The number of nitrogens with zero attached hydrogens (tertiary/aromatic N) is 3. The van der Waals surface area contributed by atoms with E-state index in [1.54, 1.807) is 6.07 Å². The molecule has 2 aromatic rings. The maximum Gasteiger partial charge on any atom is 0.270 e. The Morgan fingerprint density at radius 2 is 2.04 bits per heavy atom. The van der Waals surface area contributed by atoms with E-state index in [4.69, 9.17) is 0 Å². The minimum atomic E-state index is -0.502. The van der Waals surface area contributed by atoms with Crippen molar-refractivity contribution in [1.82, 2.24) is 10.3 Å². The Labute approximate surface area is 155 Å². The average Bonchev–Trinajstić information content (AvgIpc) is 3.03. The fraction of sp³-hybridized carbons (Fsp3) is 0.211. The molecule has 1 aliphatic rings. The lowest BCUT2D eigenvalue weighted by atomic mass is 9.99. The summed E-state index contributed by atoms with van der Waals surface area (Å²) in [6.45, 7) is 0.416. The lowest BCUT2D eigenvalue weighted by Gasteiger charge is -2.15. The number of hydrogen-bond donors (Lipinski definition) is 1. The van der Waals surface area contributed by atoms with Crippen LogP contribution in [0.15, 0.2) is 59.7 Å². The molecule has 1 saturated heterocycles. The summed E-state index contributed by atoms with van der Waals surface area (Å²) in [6.07, 6.45) is 1.71. The predicted molar refractivity (Wildman–Crippen MR) is 99.2 cm³/mol. The summed E-state index contributed by atoms with van der Waals surface area (Å²) in [5.41, 5.74) is 3.87. The predicted octanol–water partition coefficient (Wildman–Crippen LogP) is 2.06. The number of amides is 2. The quantitative estimate of drug-likeness (QED) is 0.480. The van der Waals surface area contributed by atoms with Crippen LogP contribution >= 0.6 is 0 Å². The highest BCUT2D eigenvalue weighted by atomic mass is 16.6. The smallest absolute Gasteiger partial charge is 0.270 e. The third-order valence-electron chi connectivity index (χ3n) is 4.30. The van der Waals surface area contributed by atoms with E-state index in [0.717, 1.165) is 5.56 Å². The van der Waals surface area contributed by atoms with Crippen molar-refractivity contribution in [2.24, 2.45) is 5.10 Å². The van der Waals surface area contributed by atoms with E-state index < -0.39 is 10.8 Å². The van der Waals surface area contributed by atoms with Crippen LogP contribution in [0.25, 0.3) is 0 Å². The zero-order valence-electron chi connectivity index (χ0n) is 14.4. The molecule has 0 bridgehead atoms. The van der Waals surface area contributed by atoms with Gasteiger partial charge >= 0.3 is 0 Å². The van der Waals surface area contributed by atoms with Crippen LogP contribution in [0.5, 0.6) is 0 Å². The molecule has 0 radical (unpaired) electrons. The van der Waals surface area contributed by atoms with Gasteiger partial charge < -0.3 is 4.90 Å². The Bertz CT molecular complexity index is 882. The van der Waals surface area contributed by atoms with E-state index in [0.29, 0.717) is 18.5 Å². The summed E-state index contributed by atoms with van der Waals surface area (Å²) in [4.78, 5) is 35.9. The summed E-state index contributed by atoms with van der Waals surface area (Å²) >= 11 is 0. The largest absolute Gasteiger partial charge is 0.333 e. The second-order valence-corrected chi connectivity index (χ2v) is 6.23. The van der Waals surface area contributed by atoms with Crippen molar-refractivity contribution < 1.29 is 14.5 Å². The molecule has 1 atom stereocenters. The number of likely N-dealkylation sites (tertiary alicyclic amines) is 1. The molecule has 2 aromatic carbocycles. The number of hydrogen-bond acceptors (Lipinski definition) is 5. The minimum absolute atomic E-state index is 0.0557. The molecule has 138 valence electrons. The van der Waals surface area contributed by atoms with Crippen molar-refractivity contribution in [2.45, 2.75) is 12.3 Å². The number of carbonyl (C=O) groups excluding carboxylic acids is 2. The maximum atomic E-state index is 12.1. The van der Waals surface area contributed by atoms with Gasteiger partial charge in [0.15, 0.2) is 0 Å². The van der Waals surface area contributed by atoms with E-state index >= 15 is 0 Å². The number of nitrogens with one attached hydrogen (secondary N) is 1. The second-order valence-electron chi connectivity index (χ2n) is 6.23. The fourth-order valence-corrected chi connectivity index (χ4v) is 2.98. The average molecular weight is 366 g/mol. The van der Waals surface area contributed by atoms with Crippen molar-refractivity contribution >= 4 is 23.7 Å². The summed E-state index contributed by atoms with van der Waals surface area (Å²) in [5.74, 6) is -0.403. The molecular formula is C19H18N4O4. The summed E-state index contributed by atoms with van der Waals surface area (Å²) in [6, 6.07) is 15.6. The maximum absolute atomic E-state index is 12.1. The molecule has 0 saturated carbocycles. The third kappa shape index (κ3) is 4.75. The van der Waals surface area contributed by atoms with Crippen molar-refractivity contribution in [3.8, 4) is 0 Å². The van der Waals surface area contributed by atoms with Gasteiger partial charge in [0.05, 0.1) is 11.1 Å². The highest BCUT2D eigenvalue weighted by molar-refractivity contribution is 5.87. The van der Waals surface area contributed by atoms with Gasteiger partial charge in [-0.3, -0.25) is 19.7 Å². The van der Waals surface area contributed by atoms with Gasteiger partial charge in [-0.25, -0.2) is 5.43 Å². The van der Waals surface area contributed by atoms with Gasteiger partial charge in [-0.2, -0.15) is 5.10 Å². The number of carbonyl (C=O) groups is 2. The molecule has 1 N–H and O–H groups in total. The Morgan fingerprint density at radius 3 is 2.78 bits per heavy atom. The number of hydrazone groups is 1. The van der Waals surface area contributed by atoms with Gasteiger partial charge in [0.1, 0.15) is 6.54 Å². The van der Waals surface area contributed by atoms with Gasteiger partial charge in [-0.1, -0.05) is 42.5 Å². The van der Waals surface area contributed by atoms with Crippen LogP contribution in [0, 0.1) is 10.1 Å². The van der Waals surface area contributed by atoms with E-state index in [1.807, 2.05) is 30.3 Å². The van der Waals surface area contributed by atoms with Crippen LogP contribution < -0.4 is 5.43 Å². The lowest BCUT2D eigenvalue weighted by molar-refractivity contribution is -0.384. The zero-order chi connectivity index (χ0) is 19.2. The second kappa shape index (κ2) is 8.22. The van der Waals surface area contributed by atoms with E-state index in [9.17, 15) is 19.7 Å². The first-order chi connectivity index (χ1) is 13.0. The van der Waals surface area contributed by atoms with Crippen LogP contribution in [0.4, 0.5) is 5.69 Å². The van der Waals surface area contributed by atoms with Crippen LogP contribution in [-0.4, -0.2) is 40.9 Å². The first-order valence-corrected chi connectivity index (χ1v) is 8.42. The molecule has 1 heterocycles. The van der Waals surface area contributed by atoms with Crippen LogP contribution in [0.1, 0.15) is 23.5 Å². The number of nitro benzene ring substituents is 1. The molecule has 8 nitrogen and oxygen atoms in total. The van der Waals surface area contributed by atoms with Crippen molar-refractivity contribution in [2.75, 3.05) is 13.1 Å². The molecule has 0 aliphatic carbocycles. The highest BCUT2D eigenvalue weighted by Crippen LogP contribution is 2.27. The van der Waals surface area contributed by atoms with Crippen LogP contribution in [-0.2, 0) is 9.59 Å². The van der Waals surface area contributed by atoms with E-state index in [1.165, 1.54) is 29.3 Å². The first kappa shape index (κ1) is 18.2. The Kier molecular flexibility index (Phi) is 5.55. The number of non-ortho nitro benzene ring substituents is 1. The molecule has 0 unspecified atom stereocenters. The van der Waals surface area contributed by atoms with Crippen molar-refractivity contribution in [1.29, 1.82) is 0 Å². The number of rotatable bonds is 6. The molecule has 0 aromatic heterocycles. The first-order valence-electron chi connectivity index (χ1n) is 8.42. The molecule has 0 spiro atoms. The molecule has 1 fully saturated rings. The molecule has 2 amide bonds. The van der Waals surface area contributed by atoms with Gasteiger partial charge in [0, 0.05) is 36.6 Å². The number of benzene rings is 2. The Morgan fingerprint density at radius 1 is 1.26 bits per heavy atom. The molecular weight excluding hydrogens is 348 g/mol. The molecule has 1 aliphatic heterocycles. The SMILES string of the molecule is O=C(CN1C[C@@H](c2ccccc2)CC1=O)N/N=C\c1cccc([N+](=O)[O-])c1. The zero-order valence-corrected chi connectivity index (χ0v) is 14.4. The van der Waals surface area contributed by atoms with Gasteiger partial charge in [-0.05, 0) is 5.56 Å². The van der Waals surface area contributed by atoms with Crippen LogP contribution in [0.3, 0.4) is 0 Å². The third-order valence-corrected chi connectivity index (χ3v) is 4.30. The van der Waals surface area contributed by atoms with Gasteiger partial charge in [0.2, 0.25) is 5.91 Å². The summed E-state index contributed by atoms with van der Waals surface area (Å²) in [7, 11) is 0. The minimum Gasteiger partial charge on any atom is -0.333 e. The van der Waals surface area contributed by atoms with Crippen molar-refractivity contribution in [3.63, 3.8) is 0 Å². The fourth-order valence-electron chi connectivity index (χ4n) is 2.98. The standard InChI is InChI=1S/C19H18N4O4/c24-18(21-20-11-14-5-4-8-17(9-14)23(26)27)13-22-12-16(10-19(22)25)15-6-2-1-3-7-15/h1-9,11,16H,10,12-13H2,(H,21,24)/b20-11-/t16-/m0/s1. The van der Waals surface area contributed by atoms with Crippen LogP contribution in [0.2, 0.25) is 0 Å². The topological polar surface area (TPSA) is 105 Å². The van der Waals surface area contributed by atoms with Gasteiger partial charge in [-0.15, -0.1) is 0 Å².